The normalized spacial score (nSPS) is 15.9. The summed E-state index contributed by atoms with van der Waals surface area (Å²) in [5.41, 5.74) is 12.8. The topological polar surface area (TPSA) is 130 Å². The van der Waals surface area contributed by atoms with E-state index in [4.69, 9.17) is 16.2 Å². The monoisotopic (exact) mass is 467 g/mol. The van der Waals surface area contributed by atoms with Crippen molar-refractivity contribution in [3.05, 3.63) is 59.2 Å². The number of pyridine rings is 1. The van der Waals surface area contributed by atoms with Gasteiger partial charge in [-0.15, -0.1) is 0 Å². The van der Waals surface area contributed by atoms with E-state index in [9.17, 15) is 14.7 Å². The first kappa shape index (κ1) is 25.2. The SMILES string of the molecule is CC(C)(O)C#Cc1ccc(F)c(COc2cc(C(C=NC3CCN(O)CC3)=CN)cnc2N)c1. The maximum Gasteiger partial charge on any atom is 0.166 e. The lowest BCUT2D eigenvalue weighted by Gasteiger charge is -2.24. The van der Waals surface area contributed by atoms with Crippen LogP contribution in [0.5, 0.6) is 5.75 Å². The minimum Gasteiger partial charge on any atom is -0.485 e. The van der Waals surface area contributed by atoms with Gasteiger partial charge in [0, 0.05) is 54.0 Å². The number of nitrogens with two attached hydrogens (primary N) is 2. The summed E-state index contributed by atoms with van der Waals surface area (Å²) in [7, 11) is 0. The Balaban J connectivity index is 1.73. The molecule has 0 amide bonds. The summed E-state index contributed by atoms with van der Waals surface area (Å²) >= 11 is 0. The van der Waals surface area contributed by atoms with Crippen LogP contribution in [0.3, 0.4) is 0 Å². The second-order valence-corrected chi connectivity index (χ2v) is 8.60. The predicted octanol–water partition coefficient (Wildman–Crippen LogP) is 2.73. The van der Waals surface area contributed by atoms with Gasteiger partial charge in [-0.3, -0.25) is 4.99 Å². The lowest BCUT2D eigenvalue weighted by Crippen LogP contribution is -2.32. The van der Waals surface area contributed by atoms with Crippen molar-refractivity contribution in [1.82, 2.24) is 10.0 Å². The van der Waals surface area contributed by atoms with Crippen LogP contribution in [0.15, 0.2) is 41.7 Å². The summed E-state index contributed by atoms with van der Waals surface area (Å²) in [5, 5.41) is 20.5. The number of piperidine rings is 1. The third kappa shape index (κ3) is 7.28. The molecule has 0 atom stereocenters. The van der Waals surface area contributed by atoms with Gasteiger partial charge in [-0.05, 0) is 51.0 Å². The zero-order valence-corrected chi connectivity index (χ0v) is 19.3. The molecule has 6 N–H and O–H groups in total. The maximum atomic E-state index is 14.3. The maximum absolute atomic E-state index is 14.3. The molecular weight excluding hydrogens is 437 g/mol. The van der Waals surface area contributed by atoms with E-state index in [1.54, 1.807) is 38.4 Å². The number of nitrogen functional groups attached to an aromatic ring is 1. The standard InChI is InChI=1S/C25H30FN5O3/c1-25(2,32)8-5-17-3-4-22(26)19(11-17)16-34-23-12-18(14-30-24(23)28)20(13-27)15-29-21-6-9-31(33)10-7-21/h3-4,11-15,21,32-33H,6-7,9-10,16,27H2,1-2H3,(H2,28,30). The lowest BCUT2D eigenvalue weighted by atomic mass is 10.1. The quantitative estimate of drug-likeness (QED) is 0.380. The van der Waals surface area contributed by atoms with E-state index in [2.05, 4.69) is 21.8 Å². The van der Waals surface area contributed by atoms with Gasteiger partial charge in [0.05, 0.1) is 6.04 Å². The number of rotatable bonds is 6. The van der Waals surface area contributed by atoms with E-state index in [0.717, 1.165) is 12.8 Å². The van der Waals surface area contributed by atoms with Crippen LogP contribution in [-0.4, -0.2) is 51.3 Å². The van der Waals surface area contributed by atoms with Gasteiger partial charge >= 0.3 is 0 Å². The third-order valence-electron chi connectivity index (χ3n) is 5.20. The molecule has 1 saturated heterocycles. The third-order valence-corrected chi connectivity index (χ3v) is 5.20. The van der Waals surface area contributed by atoms with Crippen LogP contribution >= 0.6 is 0 Å². The number of anilines is 1. The molecule has 0 radical (unpaired) electrons. The Morgan fingerprint density at radius 1 is 1.35 bits per heavy atom. The molecule has 1 aromatic heterocycles. The van der Waals surface area contributed by atoms with Crippen molar-refractivity contribution < 1.29 is 19.4 Å². The minimum absolute atomic E-state index is 0.0886. The lowest BCUT2D eigenvalue weighted by molar-refractivity contribution is -0.105. The van der Waals surface area contributed by atoms with Crippen molar-refractivity contribution in [2.45, 2.75) is 44.9 Å². The molecule has 9 heteroatoms. The van der Waals surface area contributed by atoms with Crippen molar-refractivity contribution in [1.29, 1.82) is 0 Å². The fraction of sp³-hybridized carbons (Fsp3) is 0.360. The number of aliphatic imine (C=N–C) groups is 1. The highest BCUT2D eigenvalue weighted by atomic mass is 19.1. The number of aromatic nitrogens is 1. The molecule has 3 rings (SSSR count). The van der Waals surface area contributed by atoms with Crippen molar-refractivity contribution in [2.24, 2.45) is 10.7 Å². The Morgan fingerprint density at radius 3 is 2.76 bits per heavy atom. The minimum atomic E-state index is -1.15. The van der Waals surface area contributed by atoms with Crippen LogP contribution in [0.4, 0.5) is 10.2 Å². The molecule has 1 aliphatic rings. The highest BCUT2D eigenvalue weighted by Gasteiger charge is 2.16. The summed E-state index contributed by atoms with van der Waals surface area (Å²) in [6, 6.07) is 6.19. The summed E-state index contributed by atoms with van der Waals surface area (Å²) in [6.07, 6.45) is 6.18. The van der Waals surface area contributed by atoms with Gasteiger partial charge < -0.3 is 26.5 Å². The van der Waals surface area contributed by atoms with Crippen molar-refractivity contribution in [2.75, 3.05) is 18.8 Å². The molecule has 0 unspecified atom stereocenters. The van der Waals surface area contributed by atoms with Gasteiger partial charge in [-0.1, -0.05) is 11.8 Å². The van der Waals surface area contributed by atoms with E-state index < -0.39 is 11.4 Å². The van der Waals surface area contributed by atoms with Gasteiger partial charge in [-0.25, -0.2) is 9.37 Å². The van der Waals surface area contributed by atoms with E-state index in [0.29, 0.717) is 35.4 Å². The summed E-state index contributed by atoms with van der Waals surface area (Å²) in [6.45, 7) is 4.21. The van der Waals surface area contributed by atoms with Gasteiger partial charge in [-0.2, -0.15) is 5.06 Å². The number of hydrogen-bond donors (Lipinski definition) is 4. The fourth-order valence-corrected chi connectivity index (χ4v) is 3.27. The molecule has 180 valence electrons. The number of halogens is 1. The Kier molecular flexibility index (Phi) is 8.23. The van der Waals surface area contributed by atoms with Crippen LogP contribution in [0.25, 0.3) is 5.57 Å². The first-order valence-electron chi connectivity index (χ1n) is 11.0. The number of aliphatic hydroxyl groups is 1. The number of benzene rings is 1. The van der Waals surface area contributed by atoms with Crippen molar-refractivity contribution >= 4 is 17.6 Å². The smallest absolute Gasteiger partial charge is 0.166 e. The molecule has 0 spiro atoms. The van der Waals surface area contributed by atoms with E-state index in [1.165, 1.54) is 23.4 Å². The van der Waals surface area contributed by atoms with Crippen molar-refractivity contribution in [3.8, 4) is 17.6 Å². The molecule has 0 saturated carbocycles. The van der Waals surface area contributed by atoms with E-state index >= 15 is 0 Å². The second-order valence-electron chi connectivity index (χ2n) is 8.60. The molecule has 1 fully saturated rings. The zero-order chi connectivity index (χ0) is 24.7. The Morgan fingerprint density at radius 2 is 2.09 bits per heavy atom. The molecule has 34 heavy (non-hydrogen) atoms. The molecule has 1 aromatic carbocycles. The number of hydrogen-bond acceptors (Lipinski definition) is 8. The second kappa shape index (κ2) is 11.1. The highest BCUT2D eigenvalue weighted by molar-refractivity contribution is 6.09. The molecule has 1 aliphatic heterocycles. The highest BCUT2D eigenvalue weighted by Crippen LogP contribution is 2.25. The Hall–Kier alpha value is -3.45. The predicted molar refractivity (Wildman–Crippen MR) is 130 cm³/mol. The molecule has 0 bridgehead atoms. The number of ether oxygens (including phenoxy) is 1. The van der Waals surface area contributed by atoms with Gasteiger partial charge in [0.2, 0.25) is 0 Å². The zero-order valence-electron chi connectivity index (χ0n) is 19.3. The average molecular weight is 468 g/mol. The number of nitrogens with zero attached hydrogens (tertiary/aromatic N) is 3. The van der Waals surface area contributed by atoms with Crippen LogP contribution in [0.1, 0.15) is 43.4 Å². The Bertz CT molecular complexity index is 1120. The first-order chi connectivity index (χ1) is 16.1. The Labute approximate surface area is 198 Å². The van der Waals surface area contributed by atoms with Crippen LogP contribution < -0.4 is 16.2 Å². The van der Waals surface area contributed by atoms with Gasteiger partial charge in [0.1, 0.15) is 18.0 Å². The van der Waals surface area contributed by atoms with E-state index in [-0.39, 0.29) is 24.2 Å². The molecule has 0 aliphatic carbocycles. The molecule has 2 heterocycles. The van der Waals surface area contributed by atoms with E-state index in [1.807, 2.05) is 0 Å². The summed E-state index contributed by atoms with van der Waals surface area (Å²) in [4.78, 5) is 8.75. The number of allylic oxidation sites excluding steroid dienone is 1. The first-order valence-corrected chi connectivity index (χ1v) is 11.0. The average Bonchev–Trinajstić information content (AvgIpc) is 2.80. The van der Waals surface area contributed by atoms with Crippen LogP contribution in [-0.2, 0) is 6.61 Å². The van der Waals surface area contributed by atoms with Crippen LogP contribution in [0, 0.1) is 17.7 Å². The van der Waals surface area contributed by atoms with Gasteiger partial charge in [0.25, 0.3) is 0 Å². The largest absolute Gasteiger partial charge is 0.485 e. The van der Waals surface area contributed by atoms with Crippen molar-refractivity contribution in [3.63, 3.8) is 0 Å². The molecule has 2 aromatic rings. The number of hydroxylamine groups is 2. The van der Waals surface area contributed by atoms with Gasteiger partial charge in [0.15, 0.2) is 11.6 Å². The summed E-state index contributed by atoms with van der Waals surface area (Å²) < 4.78 is 20.1. The fourth-order valence-electron chi connectivity index (χ4n) is 3.27. The molecule has 8 nitrogen and oxygen atoms in total. The summed E-state index contributed by atoms with van der Waals surface area (Å²) in [5.74, 6) is 5.52. The molecular formula is C25H30FN5O3. The van der Waals surface area contributed by atoms with Crippen LogP contribution in [0.2, 0.25) is 0 Å².